The van der Waals surface area contributed by atoms with Crippen LogP contribution in [0.2, 0.25) is 0 Å². The zero-order valence-corrected chi connectivity index (χ0v) is 9.01. The normalized spacial score (nSPS) is 26.4. The topological polar surface area (TPSA) is 42.0 Å². The van der Waals surface area contributed by atoms with E-state index in [1.54, 1.807) is 6.20 Å². The maximum absolute atomic E-state index is 11.2. The molecule has 0 saturated carbocycles. The predicted molar refractivity (Wildman–Crippen MR) is 58.9 cm³/mol. The number of nitrogens with zero attached hydrogens (tertiary/aromatic N) is 1. The molecule has 0 spiro atoms. The second-order valence-electron chi connectivity index (χ2n) is 3.63. The number of hydrogen-bond acceptors (Lipinski definition) is 3. The molecule has 14 heavy (non-hydrogen) atoms. The van der Waals surface area contributed by atoms with E-state index in [1.807, 2.05) is 19.2 Å². The van der Waals surface area contributed by atoms with Crippen molar-refractivity contribution >= 4 is 16.5 Å². The smallest absolute Gasteiger partial charge is 0.0437 e. The van der Waals surface area contributed by atoms with Crippen molar-refractivity contribution < 1.29 is 4.21 Å². The Hall–Kier alpha value is -0.900. The molecule has 1 aromatic rings. The van der Waals surface area contributed by atoms with Crippen LogP contribution in [0.25, 0.3) is 0 Å². The Labute approximate surface area is 86.4 Å². The van der Waals surface area contributed by atoms with E-state index in [1.165, 1.54) is 0 Å². The quantitative estimate of drug-likeness (QED) is 0.800. The fourth-order valence-electron chi connectivity index (χ4n) is 1.63. The lowest BCUT2D eigenvalue weighted by Gasteiger charge is -2.13. The molecule has 0 amide bonds. The van der Waals surface area contributed by atoms with Crippen LogP contribution in [-0.2, 0) is 10.8 Å². The first kappa shape index (κ1) is 9.65. The van der Waals surface area contributed by atoms with Crippen LogP contribution in [0.15, 0.2) is 18.5 Å². The van der Waals surface area contributed by atoms with Crippen molar-refractivity contribution in [2.24, 2.45) is 0 Å². The van der Waals surface area contributed by atoms with Gasteiger partial charge in [-0.3, -0.25) is 9.19 Å². The highest BCUT2D eigenvalue weighted by atomic mass is 32.2. The molecule has 1 N–H and O–H groups in total. The van der Waals surface area contributed by atoms with Crippen molar-refractivity contribution in [1.82, 2.24) is 4.98 Å². The van der Waals surface area contributed by atoms with Crippen molar-refractivity contribution in [2.75, 3.05) is 16.8 Å². The second kappa shape index (κ2) is 4.09. The molecule has 0 bridgehead atoms. The van der Waals surface area contributed by atoms with Gasteiger partial charge in [-0.25, -0.2) is 0 Å². The van der Waals surface area contributed by atoms with Gasteiger partial charge >= 0.3 is 0 Å². The van der Waals surface area contributed by atoms with E-state index in [2.05, 4.69) is 10.3 Å². The van der Waals surface area contributed by atoms with E-state index in [9.17, 15) is 4.21 Å². The van der Waals surface area contributed by atoms with Crippen LogP contribution >= 0.6 is 0 Å². The Kier molecular flexibility index (Phi) is 2.82. The van der Waals surface area contributed by atoms with Gasteiger partial charge in [-0.15, -0.1) is 0 Å². The number of aryl methyl sites for hydroxylation is 1. The number of pyridine rings is 1. The zero-order chi connectivity index (χ0) is 9.97. The summed E-state index contributed by atoms with van der Waals surface area (Å²) in [7, 11) is -0.611. The van der Waals surface area contributed by atoms with E-state index in [0.717, 1.165) is 29.2 Å². The molecule has 1 aliphatic rings. The lowest BCUT2D eigenvalue weighted by molar-refractivity contribution is 0.687. The summed E-state index contributed by atoms with van der Waals surface area (Å²) in [6, 6.07) is 2.34. The lowest BCUT2D eigenvalue weighted by atomic mass is 10.2. The van der Waals surface area contributed by atoms with Crippen molar-refractivity contribution in [2.45, 2.75) is 19.4 Å². The van der Waals surface area contributed by atoms with Crippen LogP contribution < -0.4 is 5.32 Å². The number of nitrogens with one attached hydrogen (secondary N) is 1. The molecule has 1 saturated heterocycles. The molecule has 2 atom stereocenters. The van der Waals surface area contributed by atoms with E-state index < -0.39 is 10.8 Å². The second-order valence-corrected chi connectivity index (χ2v) is 5.25. The fraction of sp³-hybridized carbons (Fsp3) is 0.500. The molecule has 2 unspecified atom stereocenters. The maximum Gasteiger partial charge on any atom is 0.0437 e. The largest absolute Gasteiger partial charge is 0.381 e. The number of aromatic nitrogens is 1. The predicted octanol–water partition coefficient (Wildman–Crippen LogP) is 1.32. The molecule has 0 radical (unpaired) electrons. The minimum atomic E-state index is -0.611. The standard InChI is InChI=1S/C10H14N2OS/c1-8-6-11-4-2-10(8)12-9-3-5-14(13)7-9/h2,4,6,9H,3,5,7H2,1H3,(H,11,12). The Morgan fingerprint density at radius 3 is 3.14 bits per heavy atom. The zero-order valence-electron chi connectivity index (χ0n) is 8.19. The molecule has 1 fully saturated rings. The summed E-state index contributed by atoms with van der Waals surface area (Å²) in [6.45, 7) is 2.03. The lowest BCUT2D eigenvalue weighted by Crippen LogP contribution is -2.19. The summed E-state index contributed by atoms with van der Waals surface area (Å²) in [5, 5.41) is 3.41. The van der Waals surface area contributed by atoms with Gasteiger partial charge in [0.1, 0.15) is 0 Å². The van der Waals surface area contributed by atoms with Crippen LogP contribution in [0.3, 0.4) is 0 Å². The monoisotopic (exact) mass is 210 g/mol. The Morgan fingerprint density at radius 1 is 1.64 bits per heavy atom. The summed E-state index contributed by atoms with van der Waals surface area (Å²) >= 11 is 0. The fourth-order valence-corrected chi connectivity index (χ4v) is 3.05. The van der Waals surface area contributed by atoms with Crippen LogP contribution in [0, 0.1) is 6.92 Å². The molecular formula is C10H14N2OS. The SMILES string of the molecule is Cc1cnccc1NC1CCS(=O)C1. The molecule has 2 heterocycles. The molecule has 1 aliphatic heterocycles. The van der Waals surface area contributed by atoms with Crippen molar-refractivity contribution in [3.8, 4) is 0 Å². The highest BCUT2D eigenvalue weighted by Crippen LogP contribution is 2.17. The third-order valence-corrected chi connectivity index (χ3v) is 3.93. The van der Waals surface area contributed by atoms with Gasteiger partial charge in [0.25, 0.3) is 0 Å². The maximum atomic E-state index is 11.2. The van der Waals surface area contributed by atoms with Crippen molar-refractivity contribution in [3.05, 3.63) is 24.0 Å². The van der Waals surface area contributed by atoms with E-state index >= 15 is 0 Å². The Morgan fingerprint density at radius 2 is 2.50 bits per heavy atom. The number of rotatable bonds is 2. The van der Waals surface area contributed by atoms with E-state index in [0.29, 0.717) is 6.04 Å². The van der Waals surface area contributed by atoms with E-state index in [4.69, 9.17) is 0 Å². The molecule has 0 aromatic carbocycles. The Balaban J connectivity index is 2.04. The molecule has 76 valence electrons. The van der Waals surface area contributed by atoms with Crippen molar-refractivity contribution in [1.29, 1.82) is 0 Å². The summed E-state index contributed by atoms with van der Waals surface area (Å²) in [5.74, 6) is 1.61. The summed E-state index contributed by atoms with van der Waals surface area (Å²) in [4.78, 5) is 4.03. The molecular weight excluding hydrogens is 196 g/mol. The first-order chi connectivity index (χ1) is 6.75. The van der Waals surface area contributed by atoms with Crippen LogP contribution in [-0.4, -0.2) is 26.7 Å². The van der Waals surface area contributed by atoms with Gasteiger partial charge in [-0.05, 0) is 25.0 Å². The minimum Gasteiger partial charge on any atom is -0.381 e. The molecule has 1 aromatic heterocycles. The van der Waals surface area contributed by atoms with Gasteiger partial charge in [0.15, 0.2) is 0 Å². The van der Waals surface area contributed by atoms with Crippen molar-refractivity contribution in [3.63, 3.8) is 0 Å². The first-order valence-electron chi connectivity index (χ1n) is 4.78. The van der Waals surface area contributed by atoms with Gasteiger partial charge in [0.05, 0.1) is 0 Å². The highest BCUT2D eigenvalue weighted by molar-refractivity contribution is 7.85. The van der Waals surface area contributed by atoms with Crippen LogP contribution in [0.1, 0.15) is 12.0 Å². The Bertz CT molecular complexity index is 354. The number of anilines is 1. The number of hydrogen-bond donors (Lipinski definition) is 1. The van der Waals surface area contributed by atoms with E-state index in [-0.39, 0.29) is 0 Å². The average molecular weight is 210 g/mol. The first-order valence-corrected chi connectivity index (χ1v) is 6.26. The molecule has 3 nitrogen and oxygen atoms in total. The minimum absolute atomic E-state index is 0.372. The molecule has 4 heteroatoms. The van der Waals surface area contributed by atoms with Gasteiger partial charge in [0.2, 0.25) is 0 Å². The van der Waals surface area contributed by atoms with Crippen LogP contribution in [0.5, 0.6) is 0 Å². The summed E-state index contributed by atoms with van der Waals surface area (Å²) < 4.78 is 11.2. The third-order valence-electron chi connectivity index (χ3n) is 2.46. The van der Waals surface area contributed by atoms with Gasteiger partial charge in [0, 0.05) is 46.4 Å². The highest BCUT2D eigenvalue weighted by Gasteiger charge is 2.20. The average Bonchev–Trinajstić information content (AvgIpc) is 2.56. The summed E-state index contributed by atoms with van der Waals surface area (Å²) in [6.07, 6.45) is 4.63. The molecule has 2 rings (SSSR count). The third kappa shape index (κ3) is 2.12. The van der Waals surface area contributed by atoms with Crippen LogP contribution in [0.4, 0.5) is 5.69 Å². The van der Waals surface area contributed by atoms with Gasteiger partial charge in [-0.1, -0.05) is 0 Å². The van der Waals surface area contributed by atoms with Gasteiger partial charge in [-0.2, -0.15) is 0 Å². The molecule has 0 aliphatic carbocycles. The summed E-state index contributed by atoms with van der Waals surface area (Å²) in [5.41, 5.74) is 2.26. The van der Waals surface area contributed by atoms with Gasteiger partial charge < -0.3 is 5.32 Å².